The molecule has 0 aliphatic carbocycles. The van der Waals surface area contributed by atoms with Crippen LogP contribution in [0.3, 0.4) is 0 Å². The number of carbonyl (C=O) groups excluding carboxylic acids is 1. The van der Waals surface area contributed by atoms with Gasteiger partial charge in [-0.1, -0.05) is 46.7 Å². The molecule has 0 aliphatic heterocycles. The smallest absolute Gasteiger partial charge is 0.309 e. The first kappa shape index (κ1) is 17.1. The van der Waals surface area contributed by atoms with E-state index in [-0.39, 0.29) is 29.3 Å². The van der Waals surface area contributed by atoms with Crippen molar-refractivity contribution in [3.8, 4) is 0 Å². The SMILES string of the molecule is CC(COC(=O)C(CC(C)(C)C)C(C)(C)C)N=O. The lowest BCUT2D eigenvalue weighted by molar-refractivity contribution is -0.154. The van der Waals surface area contributed by atoms with Gasteiger partial charge in [0.25, 0.3) is 0 Å². The lowest BCUT2D eigenvalue weighted by Crippen LogP contribution is -2.34. The Hall–Kier alpha value is -0.930. The Morgan fingerprint density at radius 3 is 2.00 bits per heavy atom. The molecule has 0 saturated heterocycles. The molecule has 0 N–H and O–H groups in total. The second-order valence-electron chi connectivity index (χ2n) is 7.27. The zero-order valence-electron chi connectivity index (χ0n) is 12.7. The Morgan fingerprint density at radius 2 is 1.67 bits per heavy atom. The molecule has 0 aromatic heterocycles. The molecule has 0 radical (unpaired) electrons. The van der Waals surface area contributed by atoms with Crippen LogP contribution in [0.2, 0.25) is 0 Å². The van der Waals surface area contributed by atoms with Crippen LogP contribution in [0.4, 0.5) is 0 Å². The van der Waals surface area contributed by atoms with Crippen molar-refractivity contribution in [3.05, 3.63) is 4.91 Å². The average molecular weight is 257 g/mol. The monoisotopic (exact) mass is 257 g/mol. The summed E-state index contributed by atoms with van der Waals surface area (Å²) in [6.45, 7) is 14.1. The fraction of sp³-hybridized carbons (Fsp3) is 0.929. The molecule has 0 spiro atoms. The Balaban J connectivity index is 4.67. The van der Waals surface area contributed by atoms with Gasteiger partial charge in [-0.2, -0.15) is 4.91 Å². The number of hydrogen-bond acceptors (Lipinski definition) is 4. The van der Waals surface area contributed by atoms with E-state index in [0.29, 0.717) is 0 Å². The Labute approximate surface area is 110 Å². The van der Waals surface area contributed by atoms with E-state index in [9.17, 15) is 9.70 Å². The summed E-state index contributed by atoms with van der Waals surface area (Å²) in [5, 5.41) is 2.83. The van der Waals surface area contributed by atoms with E-state index >= 15 is 0 Å². The first-order valence-corrected chi connectivity index (χ1v) is 6.46. The van der Waals surface area contributed by atoms with Crippen LogP contribution in [-0.4, -0.2) is 18.6 Å². The minimum absolute atomic E-state index is 0.0610. The predicted molar refractivity (Wildman–Crippen MR) is 73.2 cm³/mol. The van der Waals surface area contributed by atoms with Gasteiger partial charge in [0.05, 0.1) is 5.92 Å². The summed E-state index contributed by atoms with van der Waals surface area (Å²) >= 11 is 0. The van der Waals surface area contributed by atoms with E-state index in [4.69, 9.17) is 4.74 Å². The molecule has 0 aromatic rings. The molecule has 4 heteroatoms. The number of rotatable bonds is 5. The van der Waals surface area contributed by atoms with E-state index in [1.54, 1.807) is 6.92 Å². The first-order chi connectivity index (χ1) is 7.97. The molecule has 2 unspecified atom stereocenters. The van der Waals surface area contributed by atoms with Crippen molar-refractivity contribution in [2.24, 2.45) is 21.9 Å². The maximum Gasteiger partial charge on any atom is 0.309 e. The topological polar surface area (TPSA) is 55.7 Å². The third-order valence-electron chi connectivity index (χ3n) is 2.79. The fourth-order valence-corrected chi connectivity index (χ4v) is 1.69. The standard InChI is InChI=1S/C14H27NO3/c1-10(15-17)9-18-12(16)11(14(5,6)7)8-13(2,3)4/h10-11H,8-9H2,1-7H3. The van der Waals surface area contributed by atoms with Crippen LogP contribution in [0.15, 0.2) is 5.18 Å². The quantitative estimate of drug-likeness (QED) is 0.556. The molecular weight excluding hydrogens is 230 g/mol. The van der Waals surface area contributed by atoms with Gasteiger partial charge in [-0.3, -0.25) is 4.79 Å². The van der Waals surface area contributed by atoms with Crippen molar-refractivity contribution in [1.82, 2.24) is 0 Å². The Bertz CT molecular complexity index is 286. The maximum absolute atomic E-state index is 12.1. The summed E-state index contributed by atoms with van der Waals surface area (Å²) in [6.07, 6.45) is 0.762. The summed E-state index contributed by atoms with van der Waals surface area (Å²) in [4.78, 5) is 22.4. The second kappa shape index (κ2) is 6.30. The summed E-state index contributed by atoms with van der Waals surface area (Å²) in [5.74, 6) is -0.399. The van der Waals surface area contributed by atoms with Gasteiger partial charge in [-0.15, -0.1) is 0 Å². The third kappa shape index (κ3) is 6.72. The van der Waals surface area contributed by atoms with Gasteiger partial charge in [0.15, 0.2) is 0 Å². The normalized spacial score (nSPS) is 15.9. The molecule has 0 aliphatic rings. The highest BCUT2D eigenvalue weighted by molar-refractivity contribution is 5.73. The molecule has 0 aromatic carbocycles. The van der Waals surface area contributed by atoms with Gasteiger partial charge < -0.3 is 4.74 Å². The molecule has 2 atom stereocenters. The predicted octanol–water partition coefficient (Wildman–Crippen LogP) is 3.78. The van der Waals surface area contributed by atoms with Gasteiger partial charge in [0.1, 0.15) is 12.6 Å². The van der Waals surface area contributed by atoms with Crippen molar-refractivity contribution >= 4 is 5.97 Å². The summed E-state index contributed by atoms with van der Waals surface area (Å²) in [5.41, 5.74) is -0.0896. The van der Waals surface area contributed by atoms with Gasteiger partial charge in [0, 0.05) is 0 Å². The zero-order chi connectivity index (χ0) is 14.6. The number of hydrogen-bond donors (Lipinski definition) is 0. The van der Waals surface area contributed by atoms with E-state index in [1.807, 2.05) is 20.8 Å². The first-order valence-electron chi connectivity index (χ1n) is 6.46. The van der Waals surface area contributed by atoms with Crippen LogP contribution in [0, 0.1) is 21.7 Å². The number of nitrogens with zero attached hydrogens (tertiary/aromatic N) is 1. The molecular formula is C14H27NO3. The van der Waals surface area contributed by atoms with Crippen LogP contribution in [0.1, 0.15) is 54.9 Å². The van der Waals surface area contributed by atoms with Gasteiger partial charge in [-0.25, -0.2) is 0 Å². The minimum Gasteiger partial charge on any atom is -0.463 e. The molecule has 0 saturated carbocycles. The van der Waals surface area contributed by atoms with Gasteiger partial charge in [-0.05, 0) is 24.2 Å². The lowest BCUT2D eigenvalue weighted by atomic mass is 9.72. The zero-order valence-corrected chi connectivity index (χ0v) is 12.7. The molecule has 106 valence electrons. The van der Waals surface area contributed by atoms with Gasteiger partial charge >= 0.3 is 5.97 Å². The van der Waals surface area contributed by atoms with Gasteiger partial charge in [0.2, 0.25) is 0 Å². The Kier molecular flexibility index (Phi) is 5.97. The van der Waals surface area contributed by atoms with Crippen molar-refractivity contribution < 1.29 is 9.53 Å². The molecule has 0 amide bonds. The van der Waals surface area contributed by atoms with Crippen LogP contribution in [0.25, 0.3) is 0 Å². The number of esters is 1. The highest BCUT2D eigenvalue weighted by atomic mass is 16.5. The fourth-order valence-electron chi connectivity index (χ4n) is 1.69. The average Bonchev–Trinajstić information content (AvgIpc) is 2.19. The van der Waals surface area contributed by atoms with Crippen molar-refractivity contribution in [2.45, 2.75) is 60.9 Å². The molecule has 18 heavy (non-hydrogen) atoms. The summed E-state index contributed by atoms with van der Waals surface area (Å²) < 4.78 is 5.20. The highest BCUT2D eigenvalue weighted by Gasteiger charge is 2.35. The third-order valence-corrected chi connectivity index (χ3v) is 2.79. The Morgan fingerprint density at radius 1 is 1.17 bits per heavy atom. The molecule has 0 rings (SSSR count). The van der Waals surface area contributed by atoms with Crippen LogP contribution in [0.5, 0.6) is 0 Å². The van der Waals surface area contributed by atoms with Crippen LogP contribution in [-0.2, 0) is 9.53 Å². The van der Waals surface area contributed by atoms with Crippen molar-refractivity contribution in [3.63, 3.8) is 0 Å². The maximum atomic E-state index is 12.1. The summed E-state index contributed by atoms with van der Waals surface area (Å²) in [7, 11) is 0. The number of nitroso groups, excluding NO2 is 1. The molecule has 4 nitrogen and oxygen atoms in total. The van der Waals surface area contributed by atoms with Crippen LogP contribution < -0.4 is 0 Å². The number of ether oxygens (including phenoxy) is 1. The van der Waals surface area contributed by atoms with E-state index < -0.39 is 6.04 Å². The largest absolute Gasteiger partial charge is 0.463 e. The summed E-state index contributed by atoms with van der Waals surface area (Å²) in [6, 6.07) is -0.482. The molecule has 0 fully saturated rings. The molecule has 0 bridgehead atoms. The number of carbonyl (C=O) groups is 1. The minimum atomic E-state index is -0.482. The van der Waals surface area contributed by atoms with E-state index in [1.165, 1.54) is 0 Å². The lowest BCUT2D eigenvalue weighted by Gasteiger charge is -2.33. The van der Waals surface area contributed by atoms with Crippen molar-refractivity contribution in [1.29, 1.82) is 0 Å². The van der Waals surface area contributed by atoms with Crippen LogP contribution >= 0.6 is 0 Å². The van der Waals surface area contributed by atoms with E-state index in [2.05, 4.69) is 25.9 Å². The highest BCUT2D eigenvalue weighted by Crippen LogP contribution is 2.36. The molecule has 0 heterocycles. The van der Waals surface area contributed by atoms with Crippen molar-refractivity contribution in [2.75, 3.05) is 6.61 Å². The second-order valence-corrected chi connectivity index (χ2v) is 7.27. The van der Waals surface area contributed by atoms with E-state index in [0.717, 1.165) is 6.42 Å².